The molecule has 2 N–H and O–H groups in total. The monoisotopic (exact) mass is 842 g/mol. The molecule has 3 amide bonds. The Morgan fingerprint density at radius 3 is 2.49 bits per heavy atom. The summed E-state index contributed by atoms with van der Waals surface area (Å²) < 4.78 is 28.3. The van der Waals surface area contributed by atoms with Crippen LogP contribution in [0.25, 0.3) is 10.9 Å². The lowest BCUT2D eigenvalue weighted by atomic mass is 9.87. The maximum Gasteiger partial charge on any atom is 0.255 e. The average molecular weight is 844 g/mol. The van der Waals surface area contributed by atoms with Crippen LogP contribution >= 0.6 is 15.9 Å². The van der Waals surface area contributed by atoms with Crippen LogP contribution in [-0.4, -0.2) is 76.9 Å². The van der Waals surface area contributed by atoms with Crippen LogP contribution in [0.4, 0.5) is 10.2 Å². The number of fused-ring (bicyclic) bond motifs is 2. The fourth-order valence-electron chi connectivity index (χ4n) is 8.41. The molecule has 0 saturated carbocycles. The molecule has 3 aliphatic heterocycles. The summed E-state index contributed by atoms with van der Waals surface area (Å²) in [5, 5.41) is 6.76. The number of hydrogen-bond donors (Lipinski definition) is 2. The number of anilines is 1. The predicted octanol–water partition coefficient (Wildman–Crippen LogP) is 8.38. The number of aromatic nitrogens is 2. The minimum Gasteiger partial charge on any atom is -0.493 e. The molecule has 4 aromatic rings. The van der Waals surface area contributed by atoms with E-state index in [0.717, 1.165) is 90.5 Å². The number of rotatable bonds is 16. The molecule has 0 aliphatic carbocycles. The SMILES string of the molecule is COc1cc2c(NC(C)c3cccc(Br)c3)nc(C)nc2cc1OCCCCCCCCN1CCC(c2cc3c(cc2F)C(=O)N(C2CCC(=O)NC2=O)C3)CC1. The number of nitrogens with one attached hydrogen (secondary N) is 2. The number of aryl methyl sites for hydroxylation is 1. The summed E-state index contributed by atoms with van der Waals surface area (Å²) in [7, 11) is 1.65. The Morgan fingerprint density at radius 2 is 1.74 bits per heavy atom. The lowest BCUT2D eigenvalue weighted by molar-refractivity contribution is -0.136. The van der Waals surface area contributed by atoms with E-state index in [1.807, 2.05) is 37.3 Å². The van der Waals surface area contributed by atoms with Crippen molar-refractivity contribution < 1.29 is 28.2 Å². The molecule has 0 radical (unpaired) electrons. The molecule has 2 saturated heterocycles. The Morgan fingerprint density at radius 1 is 0.965 bits per heavy atom. The zero-order valence-electron chi connectivity index (χ0n) is 33.0. The molecular formula is C44H52BrFN6O5. The molecule has 2 atom stereocenters. The highest BCUT2D eigenvalue weighted by molar-refractivity contribution is 9.10. The first-order valence-electron chi connectivity index (χ1n) is 20.3. The van der Waals surface area contributed by atoms with Crippen molar-refractivity contribution in [1.29, 1.82) is 0 Å². The third-order valence-electron chi connectivity index (χ3n) is 11.6. The van der Waals surface area contributed by atoms with Gasteiger partial charge in [0.25, 0.3) is 5.91 Å². The molecule has 57 heavy (non-hydrogen) atoms. The van der Waals surface area contributed by atoms with Crippen LogP contribution < -0.4 is 20.1 Å². The number of nitrogens with zero attached hydrogens (tertiary/aromatic N) is 4. The fourth-order valence-corrected chi connectivity index (χ4v) is 8.83. The quantitative estimate of drug-likeness (QED) is 0.0846. The highest BCUT2D eigenvalue weighted by Crippen LogP contribution is 2.37. The maximum absolute atomic E-state index is 15.4. The van der Waals surface area contributed by atoms with Crippen LogP contribution in [-0.2, 0) is 16.1 Å². The van der Waals surface area contributed by atoms with Crippen LogP contribution in [0.5, 0.6) is 11.5 Å². The fraction of sp³-hybridized carbons (Fsp3) is 0.477. The Labute approximate surface area is 342 Å². The summed E-state index contributed by atoms with van der Waals surface area (Å²) in [6.07, 6.45) is 8.92. The summed E-state index contributed by atoms with van der Waals surface area (Å²) in [5.41, 5.74) is 3.71. The normalized spacial score (nSPS) is 18.2. The second-order valence-corrected chi connectivity index (χ2v) is 16.5. The molecule has 13 heteroatoms. The van der Waals surface area contributed by atoms with E-state index in [9.17, 15) is 14.4 Å². The van der Waals surface area contributed by atoms with Crippen molar-refractivity contribution in [2.45, 2.75) is 103 Å². The van der Waals surface area contributed by atoms with Crippen molar-refractivity contribution in [3.8, 4) is 11.5 Å². The molecular weight excluding hydrogens is 791 g/mol. The van der Waals surface area contributed by atoms with Gasteiger partial charge in [-0.15, -0.1) is 0 Å². The molecule has 3 aromatic carbocycles. The molecule has 2 fully saturated rings. The van der Waals surface area contributed by atoms with Gasteiger partial charge in [-0.3, -0.25) is 19.7 Å². The second-order valence-electron chi connectivity index (χ2n) is 15.6. The molecule has 11 nitrogen and oxygen atoms in total. The highest BCUT2D eigenvalue weighted by atomic mass is 79.9. The first kappa shape index (κ1) is 40.6. The van der Waals surface area contributed by atoms with Gasteiger partial charge in [0.15, 0.2) is 11.5 Å². The molecule has 0 spiro atoms. The molecule has 4 heterocycles. The van der Waals surface area contributed by atoms with E-state index < -0.39 is 11.9 Å². The summed E-state index contributed by atoms with van der Waals surface area (Å²) in [5.74, 6) is 1.41. The van der Waals surface area contributed by atoms with Crippen LogP contribution in [0.3, 0.4) is 0 Å². The van der Waals surface area contributed by atoms with Crippen molar-refractivity contribution in [1.82, 2.24) is 25.1 Å². The van der Waals surface area contributed by atoms with Crippen LogP contribution in [0.1, 0.15) is 116 Å². The second kappa shape index (κ2) is 18.3. The van der Waals surface area contributed by atoms with Gasteiger partial charge in [-0.2, -0.15) is 0 Å². The number of halogens is 2. The first-order chi connectivity index (χ1) is 27.6. The Kier molecular flexibility index (Phi) is 13.0. The van der Waals surface area contributed by atoms with Gasteiger partial charge in [-0.05, 0) is 112 Å². The number of piperidine rings is 2. The highest BCUT2D eigenvalue weighted by Gasteiger charge is 2.40. The van der Waals surface area contributed by atoms with Gasteiger partial charge in [-0.25, -0.2) is 14.4 Å². The predicted molar refractivity (Wildman–Crippen MR) is 221 cm³/mol. The number of unbranched alkanes of at least 4 members (excludes halogenated alkanes) is 5. The van der Waals surface area contributed by atoms with E-state index in [1.165, 1.54) is 23.8 Å². The maximum atomic E-state index is 15.4. The van der Waals surface area contributed by atoms with Crippen LogP contribution in [0.15, 0.2) is 53.0 Å². The number of likely N-dealkylation sites (tertiary alicyclic amines) is 1. The Balaban J connectivity index is 0.806. The molecule has 1 aromatic heterocycles. The Hall–Kier alpha value is -4.62. The molecule has 3 aliphatic rings. The van der Waals surface area contributed by atoms with Gasteiger partial charge >= 0.3 is 0 Å². The summed E-state index contributed by atoms with van der Waals surface area (Å²) in [6.45, 7) is 7.77. The minimum atomic E-state index is -0.700. The summed E-state index contributed by atoms with van der Waals surface area (Å²) >= 11 is 3.57. The third kappa shape index (κ3) is 9.58. The van der Waals surface area contributed by atoms with Crippen LogP contribution in [0, 0.1) is 12.7 Å². The van der Waals surface area contributed by atoms with Gasteiger partial charge in [0.2, 0.25) is 11.8 Å². The van der Waals surface area contributed by atoms with Crippen molar-refractivity contribution in [2.24, 2.45) is 0 Å². The van der Waals surface area contributed by atoms with Gasteiger partial charge < -0.3 is 24.6 Å². The largest absolute Gasteiger partial charge is 0.493 e. The number of benzene rings is 3. The van der Waals surface area contributed by atoms with E-state index in [1.54, 1.807) is 7.11 Å². The molecule has 2 unspecified atom stereocenters. The van der Waals surface area contributed by atoms with Gasteiger partial charge in [0.05, 0.1) is 25.3 Å². The lowest BCUT2D eigenvalue weighted by Gasteiger charge is -2.32. The van der Waals surface area contributed by atoms with E-state index in [0.29, 0.717) is 41.5 Å². The topological polar surface area (TPSA) is 126 Å². The number of hydrogen-bond acceptors (Lipinski definition) is 9. The van der Waals surface area contributed by atoms with E-state index in [2.05, 4.69) is 50.5 Å². The standard InChI is InChI=1S/C44H52BrFN6O5/c1-27(30-11-10-12-32(45)21-30)47-42-35-24-39(56-3)40(25-37(35)48-28(2)49-42)57-20-9-7-5-4-6-8-17-51-18-15-29(16-19-51)33-22-31-26-52(44(55)34(31)23-36(33)46)38-13-14-41(53)50-43(38)54/h10-12,21-25,27,29,38H,4-9,13-20,26H2,1-3H3,(H,47,48,49)(H,50,53,54). The van der Waals surface area contributed by atoms with Crippen molar-refractivity contribution in [3.63, 3.8) is 0 Å². The number of carbonyl (C=O) groups excluding carboxylic acids is 3. The van der Waals surface area contributed by atoms with Gasteiger partial charge in [-0.1, -0.05) is 59.8 Å². The number of carbonyl (C=O) groups is 3. The third-order valence-corrected chi connectivity index (χ3v) is 12.1. The van der Waals surface area contributed by atoms with E-state index in [-0.39, 0.29) is 42.6 Å². The average Bonchev–Trinajstić information content (AvgIpc) is 3.50. The smallest absolute Gasteiger partial charge is 0.255 e. The van der Waals surface area contributed by atoms with Gasteiger partial charge in [0.1, 0.15) is 23.5 Å². The number of imide groups is 1. The van der Waals surface area contributed by atoms with Crippen molar-refractivity contribution >= 4 is 50.4 Å². The zero-order valence-corrected chi connectivity index (χ0v) is 34.6. The number of methoxy groups -OCH3 is 1. The van der Waals surface area contributed by atoms with Crippen molar-refractivity contribution in [3.05, 3.63) is 86.9 Å². The summed E-state index contributed by atoms with van der Waals surface area (Å²) in [4.78, 5) is 50.4. The first-order valence-corrected chi connectivity index (χ1v) is 21.1. The van der Waals surface area contributed by atoms with Gasteiger partial charge in [0, 0.05) is 34.5 Å². The van der Waals surface area contributed by atoms with Crippen LogP contribution in [0.2, 0.25) is 0 Å². The summed E-state index contributed by atoms with van der Waals surface area (Å²) in [6, 6.07) is 14.7. The van der Waals surface area contributed by atoms with Crippen molar-refractivity contribution in [2.75, 3.05) is 38.7 Å². The molecule has 302 valence electrons. The number of ether oxygens (including phenoxy) is 2. The number of amides is 3. The zero-order chi connectivity index (χ0) is 40.1. The minimum absolute atomic E-state index is 0.0362. The molecule has 0 bridgehead atoms. The Bertz CT molecular complexity index is 2120. The lowest BCUT2D eigenvalue weighted by Crippen LogP contribution is -2.52. The van der Waals surface area contributed by atoms with E-state index in [4.69, 9.17) is 19.4 Å². The van der Waals surface area contributed by atoms with E-state index >= 15 is 4.39 Å². The molecule has 7 rings (SSSR count).